The third kappa shape index (κ3) is 5.83. The van der Waals surface area contributed by atoms with E-state index < -0.39 is 23.5 Å². The SMILES string of the molecule is COc1ccc(C2(C(=O)N[C@@H](Cc3ccc(N4C(=O)C(CC(C)C)N(C)C4=O)cc3)C(=O)O)CCCCC2)cc1. The van der Waals surface area contributed by atoms with E-state index in [1.165, 1.54) is 9.80 Å². The van der Waals surface area contributed by atoms with Gasteiger partial charge in [0, 0.05) is 13.5 Å². The zero-order valence-corrected chi connectivity index (χ0v) is 23.7. The summed E-state index contributed by atoms with van der Waals surface area (Å²) in [4.78, 5) is 54.4. The normalized spacial score (nSPS) is 19.6. The fourth-order valence-corrected chi connectivity index (χ4v) is 5.87. The lowest BCUT2D eigenvalue weighted by atomic mass is 9.68. The van der Waals surface area contributed by atoms with Gasteiger partial charge in [0.2, 0.25) is 5.91 Å². The molecule has 1 unspecified atom stereocenters. The van der Waals surface area contributed by atoms with Gasteiger partial charge in [-0.25, -0.2) is 14.5 Å². The van der Waals surface area contributed by atoms with Crippen molar-refractivity contribution in [3.8, 4) is 5.75 Å². The largest absolute Gasteiger partial charge is 0.497 e. The molecule has 2 fully saturated rings. The van der Waals surface area contributed by atoms with Crippen LogP contribution in [0.5, 0.6) is 5.75 Å². The summed E-state index contributed by atoms with van der Waals surface area (Å²) in [7, 11) is 3.22. The van der Waals surface area contributed by atoms with Gasteiger partial charge in [-0.05, 0) is 60.6 Å². The molecule has 1 saturated heterocycles. The zero-order chi connectivity index (χ0) is 29.0. The van der Waals surface area contributed by atoms with Crippen LogP contribution in [0.4, 0.5) is 10.5 Å². The number of likely N-dealkylation sites (N-methyl/N-ethyl adjacent to an activating group) is 1. The predicted octanol–water partition coefficient (Wildman–Crippen LogP) is 4.52. The van der Waals surface area contributed by atoms with Crippen LogP contribution in [0.25, 0.3) is 0 Å². The van der Waals surface area contributed by atoms with Crippen LogP contribution >= 0.6 is 0 Å². The summed E-state index contributed by atoms with van der Waals surface area (Å²) < 4.78 is 5.27. The second-order valence-corrected chi connectivity index (χ2v) is 11.3. The summed E-state index contributed by atoms with van der Waals surface area (Å²) in [5, 5.41) is 12.8. The number of benzene rings is 2. The molecule has 2 aliphatic rings. The first kappa shape index (κ1) is 29.1. The first-order valence-corrected chi connectivity index (χ1v) is 14.0. The molecule has 1 heterocycles. The highest BCUT2D eigenvalue weighted by Gasteiger charge is 2.44. The fourth-order valence-electron chi connectivity index (χ4n) is 5.87. The molecule has 2 N–H and O–H groups in total. The van der Waals surface area contributed by atoms with Gasteiger partial charge in [-0.2, -0.15) is 0 Å². The Balaban J connectivity index is 1.50. The lowest BCUT2D eigenvalue weighted by molar-refractivity contribution is -0.143. The van der Waals surface area contributed by atoms with E-state index in [0.29, 0.717) is 36.3 Å². The van der Waals surface area contributed by atoms with Crippen molar-refractivity contribution in [2.24, 2.45) is 5.92 Å². The number of nitrogens with one attached hydrogen (secondary N) is 1. The highest BCUT2D eigenvalue weighted by molar-refractivity contribution is 6.21. The molecule has 0 spiro atoms. The Morgan fingerprint density at radius 2 is 1.65 bits per heavy atom. The van der Waals surface area contributed by atoms with Crippen molar-refractivity contribution < 1.29 is 29.0 Å². The number of hydrogen-bond donors (Lipinski definition) is 2. The van der Waals surface area contributed by atoms with Gasteiger partial charge < -0.3 is 20.1 Å². The van der Waals surface area contributed by atoms with Crippen LogP contribution in [0, 0.1) is 5.92 Å². The summed E-state index contributed by atoms with van der Waals surface area (Å²) >= 11 is 0. The third-order valence-corrected chi connectivity index (χ3v) is 8.18. The molecular weight excluding hydrogens is 510 g/mol. The molecule has 2 atom stereocenters. The number of imide groups is 1. The first-order valence-electron chi connectivity index (χ1n) is 14.0. The van der Waals surface area contributed by atoms with Gasteiger partial charge >= 0.3 is 12.0 Å². The number of hydrogen-bond acceptors (Lipinski definition) is 5. The number of carbonyl (C=O) groups excluding carboxylic acids is 3. The van der Waals surface area contributed by atoms with E-state index in [0.717, 1.165) is 24.8 Å². The molecule has 1 aliphatic heterocycles. The van der Waals surface area contributed by atoms with Crippen molar-refractivity contribution in [1.82, 2.24) is 10.2 Å². The Morgan fingerprint density at radius 1 is 1.02 bits per heavy atom. The molecule has 214 valence electrons. The van der Waals surface area contributed by atoms with Crippen molar-refractivity contribution in [2.45, 2.75) is 76.3 Å². The third-order valence-electron chi connectivity index (χ3n) is 8.18. The number of carboxylic acid groups (broad SMARTS) is 1. The number of anilines is 1. The summed E-state index contributed by atoms with van der Waals surface area (Å²) in [6.45, 7) is 4.02. The predicted molar refractivity (Wildman–Crippen MR) is 151 cm³/mol. The van der Waals surface area contributed by atoms with Gasteiger partial charge in [-0.1, -0.05) is 57.4 Å². The summed E-state index contributed by atoms with van der Waals surface area (Å²) in [5.41, 5.74) is 1.18. The fraction of sp³-hybridized carbons (Fsp3) is 0.484. The highest BCUT2D eigenvalue weighted by atomic mass is 16.5. The second-order valence-electron chi connectivity index (χ2n) is 11.3. The number of amides is 4. The van der Waals surface area contributed by atoms with Gasteiger partial charge in [0.15, 0.2) is 0 Å². The molecule has 2 aromatic rings. The van der Waals surface area contributed by atoms with E-state index >= 15 is 0 Å². The Hall–Kier alpha value is -3.88. The quantitative estimate of drug-likeness (QED) is 0.421. The van der Waals surface area contributed by atoms with Gasteiger partial charge in [-0.3, -0.25) is 9.59 Å². The molecule has 40 heavy (non-hydrogen) atoms. The Kier molecular flexibility index (Phi) is 8.81. The lowest BCUT2D eigenvalue weighted by Gasteiger charge is -2.37. The van der Waals surface area contributed by atoms with E-state index in [2.05, 4.69) is 5.32 Å². The smallest absolute Gasteiger partial charge is 0.331 e. The number of carboxylic acids is 1. The maximum Gasteiger partial charge on any atom is 0.331 e. The molecule has 1 saturated carbocycles. The topological polar surface area (TPSA) is 116 Å². The summed E-state index contributed by atoms with van der Waals surface area (Å²) in [5.74, 6) is -0.718. The van der Waals surface area contributed by atoms with E-state index in [-0.39, 0.29) is 30.2 Å². The molecule has 9 heteroatoms. The summed E-state index contributed by atoms with van der Waals surface area (Å²) in [6, 6.07) is 12.1. The van der Waals surface area contributed by atoms with Crippen molar-refractivity contribution >= 4 is 29.5 Å². The Bertz CT molecular complexity index is 1230. The minimum absolute atomic E-state index is 0.0673. The minimum Gasteiger partial charge on any atom is -0.497 e. The molecule has 0 aromatic heterocycles. The van der Waals surface area contributed by atoms with Crippen molar-refractivity contribution in [3.63, 3.8) is 0 Å². The summed E-state index contributed by atoms with van der Waals surface area (Å²) in [6.07, 6.45) is 4.76. The average molecular weight is 550 g/mol. The van der Waals surface area contributed by atoms with Crippen LogP contribution in [0.1, 0.15) is 63.5 Å². The van der Waals surface area contributed by atoms with E-state index in [9.17, 15) is 24.3 Å². The molecule has 4 amide bonds. The Morgan fingerprint density at radius 3 is 2.20 bits per heavy atom. The number of nitrogens with zero attached hydrogens (tertiary/aromatic N) is 2. The second kappa shape index (κ2) is 12.1. The number of ether oxygens (including phenoxy) is 1. The van der Waals surface area contributed by atoms with Crippen LogP contribution in [-0.2, 0) is 26.2 Å². The van der Waals surface area contributed by atoms with Crippen LogP contribution in [0.15, 0.2) is 48.5 Å². The van der Waals surface area contributed by atoms with Crippen LogP contribution in [0.2, 0.25) is 0 Å². The molecule has 2 aromatic carbocycles. The minimum atomic E-state index is -1.13. The standard InChI is InChI=1S/C31H39N3O6/c1-20(2)18-26-27(35)34(30(39)33(26)3)23-12-8-21(9-13-23)19-25(28(36)37)32-29(38)31(16-6-5-7-17-31)22-10-14-24(40-4)15-11-22/h8-15,20,25-26H,5-7,16-19H2,1-4H3,(H,32,38)(H,36,37)/t25-,26?/m0/s1. The van der Waals surface area contributed by atoms with E-state index in [1.807, 2.05) is 38.1 Å². The van der Waals surface area contributed by atoms with Gasteiger partial charge in [-0.15, -0.1) is 0 Å². The van der Waals surface area contributed by atoms with Gasteiger partial charge in [0.25, 0.3) is 5.91 Å². The molecule has 0 radical (unpaired) electrons. The maximum absolute atomic E-state index is 13.7. The number of rotatable bonds is 10. The number of carbonyl (C=O) groups is 4. The van der Waals surface area contributed by atoms with Gasteiger partial charge in [0.1, 0.15) is 17.8 Å². The molecular formula is C31H39N3O6. The molecule has 4 rings (SSSR count). The van der Waals surface area contributed by atoms with Crippen LogP contribution in [-0.4, -0.2) is 60.1 Å². The van der Waals surface area contributed by atoms with Crippen LogP contribution < -0.4 is 15.0 Å². The van der Waals surface area contributed by atoms with E-state index in [1.54, 1.807) is 38.4 Å². The molecule has 0 bridgehead atoms. The first-order chi connectivity index (χ1) is 19.1. The van der Waals surface area contributed by atoms with Crippen LogP contribution in [0.3, 0.4) is 0 Å². The van der Waals surface area contributed by atoms with Crippen molar-refractivity contribution in [2.75, 3.05) is 19.1 Å². The maximum atomic E-state index is 13.7. The zero-order valence-electron chi connectivity index (χ0n) is 23.7. The lowest BCUT2D eigenvalue weighted by Crippen LogP contribution is -2.52. The van der Waals surface area contributed by atoms with Gasteiger partial charge in [0.05, 0.1) is 18.2 Å². The highest BCUT2D eigenvalue weighted by Crippen LogP contribution is 2.40. The molecule has 9 nitrogen and oxygen atoms in total. The Labute approximate surface area is 235 Å². The monoisotopic (exact) mass is 549 g/mol. The number of aliphatic carboxylic acids is 1. The van der Waals surface area contributed by atoms with Crippen molar-refractivity contribution in [1.29, 1.82) is 0 Å². The van der Waals surface area contributed by atoms with E-state index in [4.69, 9.17) is 4.74 Å². The number of methoxy groups -OCH3 is 1. The van der Waals surface area contributed by atoms with Crippen molar-refractivity contribution in [3.05, 3.63) is 59.7 Å². The molecule has 1 aliphatic carbocycles. The number of urea groups is 1. The average Bonchev–Trinajstić information content (AvgIpc) is 3.15.